The molecule has 0 aliphatic rings. The van der Waals surface area contributed by atoms with E-state index in [1.165, 1.54) is 88.6 Å². The second-order valence-corrected chi connectivity index (χ2v) is 35.3. The molecule has 8 aromatic rings. The van der Waals surface area contributed by atoms with Gasteiger partial charge in [0.05, 0.1) is 40.5 Å². The van der Waals surface area contributed by atoms with Crippen molar-refractivity contribution in [2.75, 3.05) is 27.4 Å². The molecule has 0 aliphatic heterocycles. The maximum atomic E-state index is 14.6. The van der Waals surface area contributed by atoms with Crippen molar-refractivity contribution in [3.8, 4) is 39.8 Å². The number of allylic oxidation sites excluding steroid dienone is 2. The fourth-order valence-electron chi connectivity index (χ4n) is 10.6. The number of methoxy groups -OCH3 is 2. The van der Waals surface area contributed by atoms with Crippen LogP contribution in [-0.2, 0) is 32.7 Å². The van der Waals surface area contributed by atoms with E-state index in [1.54, 1.807) is 43.1 Å². The minimum absolute atomic E-state index is 0.00766. The largest absolute Gasteiger partial charge is 0.534 e. The van der Waals surface area contributed by atoms with Crippen LogP contribution in [0.15, 0.2) is 126 Å². The predicted molar refractivity (Wildman–Crippen MR) is 336 cm³/mol. The van der Waals surface area contributed by atoms with E-state index in [-0.39, 0.29) is 70.2 Å². The minimum atomic E-state index is -6.02. The van der Waals surface area contributed by atoms with Gasteiger partial charge in [-0.15, -0.1) is 0 Å². The van der Waals surface area contributed by atoms with Crippen LogP contribution in [0.3, 0.4) is 0 Å². The van der Waals surface area contributed by atoms with Gasteiger partial charge < -0.3 is 32.3 Å². The van der Waals surface area contributed by atoms with Gasteiger partial charge in [0.15, 0.2) is 0 Å². The number of ether oxygens (including phenoxy) is 4. The summed E-state index contributed by atoms with van der Waals surface area (Å²) in [6.45, 7) is 14.0. The summed E-state index contributed by atoms with van der Waals surface area (Å²) < 4.78 is 156. The van der Waals surface area contributed by atoms with Crippen molar-refractivity contribution in [3.05, 3.63) is 177 Å². The van der Waals surface area contributed by atoms with E-state index in [1.807, 2.05) is 37.3 Å². The fourth-order valence-corrected chi connectivity index (χ4v) is 25.7. The topological polar surface area (TPSA) is 150 Å². The first-order chi connectivity index (χ1) is 42.6. The van der Waals surface area contributed by atoms with Crippen molar-refractivity contribution in [3.63, 3.8) is 0 Å². The molecule has 8 rings (SSSR count). The fraction of sp³-hybridized carbons (Fsp3) is 0.343. The quantitative estimate of drug-likeness (QED) is 0.0177. The normalized spacial score (nSPS) is 11.8. The number of nitrogens with zero attached hydrogens (tertiary/aromatic N) is 4. The Morgan fingerprint density at radius 3 is 1.45 bits per heavy atom. The van der Waals surface area contributed by atoms with Gasteiger partial charge in [-0.25, -0.2) is 37.1 Å². The Balaban J connectivity index is 0.000000231. The number of fused-ring (bicyclic) bond motifs is 2. The molecule has 0 saturated heterocycles. The first-order valence-electron chi connectivity index (χ1n) is 29.4. The average Bonchev–Trinajstić information content (AvgIpc) is 1.66. The number of pyridine rings is 2. The van der Waals surface area contributed by atoms with E-state index in [0.29, 0.717) is 22.5 Å². The van der Waals surface area contributed by atoms with Crippen molar-refractivity contribution in [2.24, 2.45) is 0 Å². The zero-order chi connectivity index (χ0) is 65.1. The number of hydrogen-bond donors (Lipinski definition) is 0. The monoisotopic (exact) mass is 1360 g/mol. The number of carbonyl (C=O) groups is 2. The van der Waals surface area contributed by atoms with Crippen LogP contribution in [-0.4, -0.2) is 90.8 Å². The predicted octanol–water partition coefficient (Wildman–Crippen LogP) is 17.6. The molecule has 0 N–H and O–H groups in total. The van der Waals surface area contributed by atoms with E-state index in [9.17, 15) is 48.7 Å². The molecule has 13 nitrogen and oxygen atoms in total. The molecule has 0 atom stereocenters. The van der Waals surface area contributed by atoms with E-state index < -0.39 is 81.5 Å². The molecule has 0 saturated carbocycles. The van der Waals surface area contributed by atoms with Crippen LogP contribution in [0.2, 0.25) is 13.3 Å². The molecule has 0 fully saturated rings. The Kier molecular flexibility index (Phi) is 25.9. The van der Waals surface area contributed by atoms with Crippen LogP contribution in [0.1, 0.15) is 125 Å². The zero-order valence-electron chi connectivity index (χ0n) is 51.4. The van der Waals surface area contributed by atoms with Crippen molar-refractivity contribution in [2.45, 2.75) is 119 Å². The summed E-state index contributed by atoms with van der Waals surface area (Å²) in [5.74, 6) is -4.52. The number of esters is 2. The molecule has 4 aromatic carbocycles. The van der Waals surface area contributed by atoms with Gasteiger partial charge in [0, 0.05) is 67.6 Å². The Bertz CT molecular complexity index is 3880. The number of aromatic nitrogens is 4. The van der Waals surface area contributed by atoms with Gasteiger partial charge >= 0.3 is 136 Å². The number of benzene rings is 4. The maximum absolute atomic E-state index is 14.6. The number of carbonyl (C=O) groups excluding carboxylic acids is 2. The van der Waals surface area contributed by atoms with E-state index >= 15 is 0 Å². The van der Waals surface area contributed by atoms with Crippen molar-refractivity contribution in [1.29, 1.82) is 0 Å². The summed E-state index contributed by atoms with van der Waals surface area (Å²) in [5.41, 5.74) is -2.63. The van der Waals surface area contributed by atoms with Crippen molar-refractivity contribution < 1.29 is 71.9 Å². The SMILES string of the molecule is C/C=C\c1ccc2c(c1)c(-c1cccnc1OC)c(C(=O)OCC)n2Cc1cc(F)ccc1F.C/C=[CH]\[Sn]([CH2]CCC)([CH2]CCC)[CH2]CCC.CCOC(=O)c1c(-c2cccnc2OC)c2cc(OS(=O)(=O)C(F)(F)F)ccc2n1Cc1cc(F)ccc1F. The van der Waals surface area contributed by atoms with Gasteiger partial charge in [-0.1, -0.05) is 18.2 Å². The number of halogens is 7. The third-order valence-corrected chi connectivity index (χ3v) is 30.2. The van der Waals surface area contributed by atoms with E-state index in [0.717, 1.165) is 59.5 Å². The zero-order valence-corrected chi connectivity index (χ0v) is 55.1. The van der Waals surface area contributed by atoms with Gasteiger partial charge in [0.2, 0.25) is 11.8 Å². The first-order valence-corrected chi connectivity index (χ1v) is 38.5. The molecule has 0 radical (unpaired) electrons. The van der Waals surface area contributed by atoms with Crippen LogP contribution in [0, 0.1) is 23.3 Å². The Morgan fingerprint density at radius 2 is 1.04 bits per heavy atom. The van der Waals surface area contributed by atoms with Crippen LogP contribution in [0.5, 0.6) is 17.5 Å². The van der Waals surface area contributed by atoms with Crippen molar-refractivity contribution in [1.82, 2.24) is 19.1 Å². The summed E-state index contributed by atoms with van der Waals surface area (Å²) >= 11 is -1.84. The van der Waals surface area contributed by atoms with Crippen molar-refractivity contribution >= 4 is 68.3 Å². The molecule has 4 heterocycles. The van der Waals surface area contributed by atoms with Gasteiger partial charge in [0.25, 0.3) is 0 Å². The molecule has 4 aromatic heterocycles. The minimum Gasteiger partial charge on any atom is -0.481 e. The molecule has 0 amide bonds. The molecule has 0 spiro atoms. The van der Waals surface area contributed by atoms with E-state index in [2.05, 4.69) is 52.0 Å². The summed E-state index contributed by atoms with van der Waals surface area (Å²) in [5, 5.41) is 0.762. The summed E-state index contributed by atoms with van der Waals surface area (Å²) in [6.07, 6.45) is 17.8. The van der Waals surface area contributed by atoms with Crippen LogP contribution in [0.4, 0.5) is 30.7 Å². The molecular formula is C67H75F7N4O9SSn. The van der Waals surface area contributed by atoms with Gasteiger partial charge in [-0.3, -0.25) is 0 Å². The standard InChI is InChI=1S/C27H24F2N2O3.C25H19F5N2O6S.3C4H9.C3H5.Sn/c1-4-7-17-9-12-23-21(14-17)24(20-8-6-13-30-26(20)33-3)25(27(32)34-5-2)31(23)16-18-15-19(28)10-11-22(18)29;1-3-37-24(33)22-21(17-5-4-10-31-23(17)36-2)18-12-16(38-39(34,35)25(28,29)30)7-9-20(18)32(22)13-14-11-15(26)6-8-19(14)27;3*1-3-4-2;1-3-2;/h4,6-15H,5,16H2,1-3H3;4-12H,3,13H2,1-2H3;3*1,3-4H2,2H3;1,3H,2H3;/b7-4-;;;;;;. The second kappa shape index (κ2) is 32.7. The van der Waals surface area contributed by atoms with Crippen LogP contribution < -0.4 is 13.7 Å². The summed E-state index contributed by atoms with van der Waals surface area (Å²) in [6, 6.07) is 21.4. The molecule has 89 heavy (non-hydrogen) atoms. The first kappa shape index (κ1) is 70.4. The Labute approximate surface area is 519 Å². The number of unbranched alkanes of at least 4 members (excludes halogenated alkanes) is 3. The smallest absolute Gasteiger partial charge is 0.481 e. The molecule has 0 bridgehead atoms. The summed E-state index contributed by atoms with van der Waals surface area (Å²) in [7, 11) is -3.23. The van der Waals surface area contributed by atoms with Gasteiger partial charge in [-0.05, 0) is 117 Å². The second-order valence-electron chi connectivity index (χ2n) is 20.8. The molecule has 0 unspecified atom stereocenters. The summed E-state index contributed by atoms with van der Waals surface area (Å²) in [4.78, 5) is 35.0. The number of alkyl halides is 3. The Hall–Kier alpha value is -7.66. The molecule has 22 heteroatoms. The molecule has 476 valence electrons. The van der Waals surface area contributed by atoms with E-state index in [4.69, 9.17) is 18.9 Å². The van der Waals surface area contributed by atoms with Crippen LogP contribution >= 0.6 is 0 Å². The van der Waals surface area contributed by atoms with Gasteiger partial charge in [0.1, 0.15) is 40.4 Å². The average molecular weight is 1360 g/mol. The maximum Gasteiger partial charge on any atom is 0.534 e. The third-order valence-electron chi connectivity index (χ3n) is 14.7. The number of hydrogen-bond acceptors (Lipinski definition) is 11. The third kappa shape index (κ3) is 17.4. The van der Waals surface area contributed by atoms with Crippen LogP contribution in [0.25, 0.3) is 50.1 Å². The molecule has 0 aliphatic carbocycles. The molecular weight excluding hydrogens is 1290 g/mol. The van der Waals surface area contributed by atoms with Gasteiger partial charge in [-0.2, -0.15) is 21.6 Å². The Morgan fingerprint density at radius 1 is 0.596 bits per heavy atom. The number of rotatable bonds is 25.